The summed E-state index contributed by atoms with van der Waals surface area (Å²) in [7, 11) is 1.12. The summed E-state index contributed by atoms with van der Waals surface area (Å²) in [4.78, 5) is 37.5. The Kier molecular flexibility index (Phi) is 37.2. The van der Waals surface area contributed by atoms with Gasteiger partial charge in [0, 0.05) is 12.8 Å². The van der Waals surface area contributed by atoms with Crippen molar-refractivity contribution in [3.05, 3.63) is 72.9 Å². The van der Waals surface area contributed by atoms with Crippen LogP contribution in [0.5, 0.6) is 0 Å². The summed E-state index contributed by atoms with van der Waals surface area (Å²) in [5, 5.41) is 0. The van der Waals surface area contributed by atoms with Crippen molar-refractivity contribution in [3.63, 3.8) is 0 Å². The van der Waals surface area contributed by atoms with Crippen LogP contribution in [0.15, 0.2) is 72.9 Å². The average molecular weight is 820 g/mol. The third-order valence-electron chi connectivity index (χ3n) is 9.00. The lowest BCUT2D eigenvalue weighted by Crippen LogP contribution is -2.37. The predicted molar refractivity (Wildman–Crippen MR) is 236 cm³/mol. The molecule has 0 rings (SSSR count). The second-order valence-corrected chi connectivity index (χ2v) is 17.1. The van der Waals surface area contributed by atoms with Crippen molar-refractivity contribution in [2.75, 3.05) is 47.5 Å². The molecule has 0 N–H and O–H groups in total. The van der Waals surface area contributed by atoms with E-state index < -0.39 is 32.5 Å². The van der Waals surface area contributed by atoms with Crippen LogP contribution in [0.2, 0.25) is 0 Å². The lowest BCUT2D eigenvalue weighted by Gasteiger charge is -2.28. The number of carbonyl (C=O) groups excluding carboxylic acids is 2. The lowest BCUT2D eigenvalue weighted by molar-refractivity contribution is -0.870. The molecule has 0 saturated heterocycles. The summed E-state index contributed by atoms with van der Waals surface area (Å²) in [5.74, 6) is -0.935. The molecule has 328 valence electrons. The van der Waals surface area contributed by atoms with Gasteiger partial charge in [0.2, 0.25) is 0 Å². The molecule has 0 radical (unpaired) electrons. The number of likely N-dealkylation sites (N-methyl/N-ethyl adjacent to an activating group) is 1. The van der Waals surface area contributed by atoms with Gasteiger partial charge >= 0.3 is 11.9 Å². The predicted octanol–water partition coefficient (Wildman–Crippen LogP) is 12.0. The van der Waals surface area contributed by atoms with E-state index in [4.69, 9.17) is 18.5 Å². The molecule has 57 heavy (non-hydrogen) atoms. The highest BCUT2D eigenvalue weighted by Gasteiger charge is 2.21. The normalized spacial score (nSPS) is 14.3. The molecule has 0 aliphatic rings. The Balaban J connectivity index is 4.48. The van der Waals surface area contributed by atoms with Crippen molar-refractivity contribution >= 4 is 19.8 Å². The molecule has 10 heteroatoms. The van der Waals surface area contributed by atoms with E-state index in [0.29, 0.717) is 23.9 Å². The van der Waals surface area contributed by atoms with E-state index in [-0.39, 0.29) is 26.1 Å². The molecule has 0 heterocycles. The molecule has 0 bridgehead atoms. The van der Waals surface area contributed by atoms with Crippen LogP contribution in [-0.2, 0) is 32.7 Å². The second-order valence-electron chi connectivity index (χ2n) is 15.7. The summed E-state index contributed by atoms with van der Waals surface area (Å²) in [6.45, 7) is 4.02. The van der Waals surface area contributed by atoms with Crippen LogP contribution < -0.4 is 4.89 Å². The number of hydrogen-bond donors (Lipinski definition) is 0. The van der Waals surface area contributed by atoms with Crippen molar-refractivity contribution in [1.29, 1.82) is 0 Å². The number of phosphoric ester groups is 1. The van der Waals surface area contributed by atoms with E-state index in [9.17, 15) is 19.0 Å². The summed E-state index contributed by atoms with van der Waals surface area (Å²) in [5.41, 5.74) is 0. The zero-order chi connectivity index (χ0) is 42.1. The van der Waals surface area contributed by atoms with Gasteiger partial charge in [-0.25, -0.2) is 0 Å². The van der Waals surface area contributed by atoms with Crippen LogP contribution in [0.4, 0.5) is 0 Å². The van der Waals surface area contributed by atoms with E-state index in [1.165, 1.54) is 64.2 Å². The number of hydrogen-bond acceptors (Lipinski definition) is 8. The number of allylic oxidation sites excluding steroid dienone is 12. The number of unbranched alkanes of at least 4 members (excludes halogenated alkanes) is 13. The Labute approximate surface area is 348 Å². The Morgan fingerprint density at radius 1 is 0.561 bits per heavy atom. The monoisotopic (exact) mass is 820 g/mol. The van der Waals surface area contributed by atoms with Gasteiger partial charge in [-0.05, 0) is 51.4 Å². The minimum Gasteiger partial charge on any atom is -0.756 e. The van der Waals surface area contributed by atoms with E-state index in [1.807, 2.05) is 33.3 Å². The molecule has 0 aliphatic heterocycles. The SMILES string of the molecule is CC/C=C\C/C=C\C/C=C\C/C=C\C/C=C\C/C=C\CCC(=O)OC[C@H](COP(=O)([O-])OCC[N+](C)(C)C)OC(=O)CCCCCCCCCCCCCCCC. The standard InChI is InChI=1S/C47H82NO8P/c1-6-8-10-12-14-16-18-20-22-23-24-25-26-28-29-31-33-35-37-39-46(49)53-43-45(44-55-57(51,52)54-42-41-48(3,4)5)56-47(50)40-38-36-34-32-30-27-21-19-17-15-13-11-9-7-2/h8,10,14,16,20,22,24-25,28-29,33,35,45H,6-7,9,11-13,15,17-19,21,23,26-27,30-32,34,36-44H2,1-5H3/b10-8-,16-14-,22-20-,25-24-,29-28-,35-33-/t45-/m1/s1. The first kappa shape index (κ1) is 54.5. The fourth-order valence-electron chi connectivity index (χ4n) is 5.56. The first-order chi connectivity index (χ1) is 27.5. The molecule has 0 aromatic carbocycles. The largest absolute Gasteiger partial charge is 0.756 e. The molecular weight excluding hydrogens is 737 g/mol. The number of ether oxygens (including phenoxy) is 2. The summed E-state index contributed by atoms with van der Waals surface area (Å²) >= 11 is 0. The molecule has 0 aromatic heterocycles. The lowest BCUT2D eigenvalue weighted by atomic mass is 10.0. The van der Waals surface area contributed by atoms with Gasteiger partial charge in [0.25, 0.3) is 7.82 Å². The Bertz CT molecular complexity index is 1200. The second kappa shape index (κ2) is 38.9. The van der Waals surface area contributed by atoms with Crippen molar-refractivity contribution < 1.29 is 42.1 Å². The Hall–Kier alpha value is -2.55. The van der Waals surface area contributed by atoms with Crippen LogP contribution in [0.3, 0.4) is 0 Å². The van der Waals surface area contributed by atoms with Gasteiger partial charge in [-0.15, -0.1) is 0 Å². The quantitative estimate of drug-likeness (QED) is 0.0198. The van der Waals surface area contributed by atoms with Crippen molar-refractivity contribution in [2.45, 2.75) is 168 Å². The zero-order valence-corrected chi connectivity index (χ0v) is 37.7. The highest BCUT2D eigenvalue weighted by atomic mass is 31.2. The fourth-order valence-corrected chi connectivity index (χ4v) is 6.29. The third kappa shape index (κ3) is 42.9. The molecule has 1 unspecified atom stereocenters. The number of nitrogens with zero attached hydrogens (tertiary/aromatic N) is 1. The Morgan fingerprint density at radius 2 is 1.00 bits per heavy atom. The molecule has 0 spiro atoms. The topological polar surface area (TPSA) is 111 Å². The minimum atomic E-state index is -4.64. The molecule has 0 saturated carbocycles. The van der Waals surface area contributed by atoms with E-state index in [0.717, 1.165) is 57.8 Å². The van der Waals surface area contributed by atoms with Crippen LogP contribution in [0.1, 0.15) is 162 Å². The number of quaternary nitrogens is 1. The van der Waals surface area contributed by atoms with Crippen LogP contribution >= 0.6 is 7.82 Å². The van der Waals surface area contributed by atoms with Crippen molar-refractivity contribution in [1.82, 2.24) is 0 Å². The smallest absolute Gasteiger partial charge is 0.306 e. The number of phosphoric acid groups is 1. The van der Waals surface area contributed by atoms with Crippen LogP contribution in [-0.4, -0.2) is 70.0 Å². The molecule has 0 aromatic rings. The summed E-state index contributed by atoms with van der Waals surface area (Å²) < 4.78 is 33.8. The molecular formula is C47H82NO8P. The van der Waals surface area contributed by atoms with Crippen molar-refractivity contribution in [2.24, 2.45) is 0 Å². The van der Waals surface area contributed by atoms with Crippen LogP contribution in [0, 0.1) is 0 Å². The maximum atomic E-state index is 12.7. The summed E-state index contributed by atoms with van der Waals surface area (Å²) in [6, 6.07) is 0. The minimum absolute atomic E-state index is 0.0442. The number of rotatable bonds is 39. The van der Waals surface area contributed by atoms with E-state index in [2.05, 4.69) is 74.6 Å². The molecule has 0 aliphatic carbocycles. The van der Waals surface area contributed by atoms with Gasteiger partial charge in [0.1, 0.15) is 19.8 Å². The number of esters is 2. The number of carbonyl (C=O) groups is 2. The van der Waals surface area contributed by atoms with Gasteiger partial charge in [0.05, 0.1) is 27.7 Å². The van der Waals surface area contributed by atoms with E-state index in [1.54, 1.807) is 0 Å². The van der Waals surface area contributed by atoms with Gasteiger partial charge < -0.3 is 27.9 Å². The van der Waals surface area contributed by atoms with Crippen molar-refractivity contribution in [3.8, 4) is 0 Å². The summed E-state index contributed by atoms with van der Waals surface area (Å²) in [6.07, 6.45) is 48.0. The molecule has 0 amide bonds. The molecule has 0 fully saturated rings. The third-order valence-corrected chi connectivity index (χ3v) is 9.97. The van der Waals surface area contributed by atoms with Gasteiger partial charge in [0.15, 0.2) is 6.10 Å². The Morgan fingerprint density at radius 3 is 1.46 bits per heavy atom. The van der Waals surface area contributed by atoms with Gasteiger partial charge in [-0.3, -0.25) is 14.2 Å². The highest BCUT2D eigenvalue weighted by Crippen LogP contribution is 2.38. The maximum absolute atomic E-state index is 12.7. The van der Waals surface area contributed by atoms with Crippen LogP contribution in [0.25, 0.3) is 0 Å². The maximum Gasteiger partial charge on any atom is 0.306 e. The average Bonchev–Trinajstić information content (AvgIpc) is 3.16. The van der Waals surface area contributed by atoms with Gasteiger partial charge in [-0.2, -0.15) is 0 Å². The fraction of sp³-hybridized carbons (Fsp3) is 0.702. The zero-order valence-electron chi connectivity index (χ0n) is 36.8. The molecule has 9 nitrogen and oxygen atoms in total. The molecule has 2 atom stereocenters. The van der Waals surface area contributed by atoms with Gasteiger partial charge in [-0.1, -0.05) is 170 Å². The highest BCUT2D eigenvalue weighted by molar-refractivity contribution is 7.45. The first-order valence-electron chi connectivity index (χ1n) is 22.1. The van der Waals surface area contributed by atoms with E-state index >= 15 is 0 Å². The first-order valence-corrected chi connectivity index (χ1v) is 23.6.